The van der Waals surface area contributed by atoms with Crippen LogP contribution in [0, 0.1) is 12.8 Å². The molecule has 0 aliphatic heterocycles. The van der Waals surface area contributed by atoms with Gasteiger partial charge in [0.05, 0.1) is 26.6 Å². The van der Waals surface area contributed by atoms with E-state index in [4.69, 9.17) is 42.3 Å². The van der Waals surface area contributed by atoms with Crippen LogP contribution in [0.25, 0.3) is 0 Å². The second-order valence-electron chi connectivity index (χ2n) is 9.98. The number of alkyl halides is 2. The minimum absolute atomic E-state index is 0. The minimum Gasteiger partial charge on any atom is -0.288 e. The molecule has 0 bridgehead atoms. The van der Waals surface area contributed by atoms with Crippen LogP contribution in [0.5, 0.6) is 0 Å². The van der Waals surface area contributed by atoms with Crippen LogP contribution in [-0.2, 0) is 33.0 Å². The molecule has 0 amide bonds. The molecule has 2 unspecified atom stereocenters. The molecule has 0 saturated heterocycles. The van der Waals surface area contributed by atoms with E-state index in [1.165, 1.54) is 38.5 Å². The Labute approximate surface area is 299 Å². The number of hydrogen-bond acceptors (Lipinski definition) is 0. The van der Waals surface area contributed by atoms with Crippen LogP contribution in [0.15, 0.2) is 121 Å². The average Bonchev–Trinajstić information content (AvgIpc) is 3.77. The first-order valence-corrected chi connectivity index (χ1v) is 22.5. The first kappa shape index (κ1) is 39.3. The Kier molecular flexibility index (Phi) is 22.2. The maximum Gasteiger partial charge on any atom is 2.00 e. The Bertz CT molecular complexity index is 1020. The molecule has 0 radical (unpaired) electrons. The molecule has 0 N–H and O–H groups in total. The molecular weight excluding hydrogens is 786 g/mol. The number of benzene rings is 4. The van der Waals surface area contributed by atoms with Crippen molar-refractivity contribution in [2.24, 2.45) is 0 Å². The normalized spacial score (nSPS) is 17.1. The van der Waals surface area contributed by atoms with Crippen LogP contribution in [0.1, 0.15) is 38.5 Å². The molecule has 2 aliphatic rings. The zero-order chi connectivity index (χ0) is 29.8. The van der Waals surface area contributed by atoms with E-state index in [0.29, 0.717) is 0 Å². The number of halogens is 4. The van der Waals surface area contributed by atoms with Gasteiger partial charge in [0.1, 0.15) is 0 Å². The van der Waals surface area contributed by atoms with E-state index in [1.54, 1.807) is 21.2 Å². The van der Waals surface area contributed by atoms with E-state index >= 15 is 0 Å². The molecule has 2 saturated carbocycles. The standard InChI is InChI=1S/2C17H18P.CH2Cl2.2ClH.Fe.Pd/c2*1-3-9-15(10-4-1)18(17-13-7-8-14-17)16-11-5-2-6-12-16;2-1-3;;;;/h2*1-6,9-13,17H,7-8,14H2;1H2;2*1H;;/q2*-1;;;;2*+2. The Morgan fingerprint density at radius 1 is 0.535 bits per heavy atom. The van der Waals surface area contributed by atoms with Crippen molar-refractivity contribution in [1.82, 2.24) is 0 Å². The van der Waals surface area contributed by atoms with Crippen LogP contribution < -0.4 is 21.2 Å². The largest absolute Gasteiger partial charge is 2.00 e. The zero-order valence-electron chi connectivity index (χ0n) is 24.0. The van der Waals surface area contributed by atoms with E-state index in [-0.39, 0.29) is 38.3 Å². The summed E-state index contributed by atoms with van der Waals surface area (Å²) in [6.45, 7) is 0. The summed E-state index contributed by atoms with van der Waals surface area (Å²) < 4.78 is 0. The fourth-order valence-electron chi connectivity index (χ4n) is 5.73. The van der Waals surface area contributed by atoms with E-state index in [0.717, 1.165) is 11.3 Å². The molecule has 8 heteroatoms. The summed E-state index contributed by atoms with van der Waals surface area (Å²) in [4.78, 5) is 0. The summed E-state index contributed by atoms with van der Waals surface area (Å²) in [7, 11) is 8.36. The third kappa shape index (κ3) is 13.8. The predicted octanol–water partition coefficient (Wildman–Crippen LogP) is 10.0. The third-order valence-electron chi connectivity index (χ3n) is 7.42. The molecule has 43 heavy (non-hydrogen) atoms. The molecule has 0 nitrogen and oxygen atoms in total. The molecule has 234 valence electrons. The summed E-state index contributed by atoms with van der Waals surface area (Å²) in [5.41, 5.74) is 1.61. The molecule has 2 fully saturated rings. The van der Waals surface area contributed by atoms with Crippen molar-refractivity contribution in [3.8, 4) is 0 Å². The first-order chi connectivity index (χ1) is 20.7. The van der Waals surface area contributed by atoms with Crippen LogP contribution in [0.2, 0.25) is 0 Å². The van der Waals surface area contributed by atoms with Gasteiger partial charge in [0, 0.05) is 15.8 Å². The molecule has 6 rings (SSSR count). The van der Waals surface area contributed by atoms with Crippen LogP contribution in [-0.4, -0.2) is 16.7 Å². The van der Waals surface area contributed by atoms with Crippen molar-refractivity contribution >= 4 is 79.3 Å². The van der Waals surface area contributed by atoms with Gasteiger partial charge in [-0.15, -0.1) is 23.2 Å². The minimum atomic E-state index is -0.633. The first-order valence-electron chi connectivity index (χ1n) is 14.3. The SMILES string of the molecule is ClCCl.[Cl][Pd][Cl].[Fe+2].c1ccc([PH+](c2ccccc2)C2[CH-]CCC2)cc1.c1ccc([PH+](c2ccccc2)C2[CH-]CCC2)cc1. The van der Waals surface area contributed by atoms with Gasteiger partial charge in [0.2, 0.25) is 0 Å². The predicted molar refractivity (Wildman–Crippen MR) is 193 cm³/mol. The monoisotopic (exact) mass is 824 g/mol. The van der Waals surface area contributed by atoms with Gasteiger partial charge in [0.25, 0.3) is 0 Å². The van der Waals surface area contributed by atoms with Crippen molar-refractivity contribution in [3.05, 3.63) is 134 Å². The third-order valence-corrected chi connectivity index (χ3v) is 13.8. The van der Waals surface area contributed by atoms with Gasteiger partial charge >= 0.3 is 52.1 Å². The Hall–Kier alpha value is 0.0818. The van der Waals surface area contributed by atoms with E-state index in [1.807, 2.05) is 0 Å². The smallest absolute Gasteiger partial charge is 0.288 e. The van der Waals surface area contributed by atoms with Crippen molar-refractivity contribution < 1.29 is 33.0 Å². The summed E-state index contributed by atoms with van der Waals surface area (Å²) in [6, 6.07) is 44.4. The summed E-state index contributed by atoms with van der Waals surface area (Å²) in [5.74, 6) is 0. The summed E-state index contributed by atoms with van der Waals surface area (Å²) >= 11 is 9.42. The van der Waals surface area contributed by atoms with Gasteiger partial charge in [-0.1, -0.05) is 85.6 Å². The van der Waals surface area contributed by atoms with Gasteiger partial charge in [-0.3, -0.25) is 12.8 Å². The molecule has 4 aromatic rings. The molecule has 0 spiro atoms. The maximum absolute atomic E-state index is 4.81. The fraction of sp³-hybridized carbons (Fsp3) is 0.257. The topological polar surface area (TPSA) is 0 Å². The van der Waals surface area contributed by atoms with Crippen LogP contribution >= 0.6 is 58.1 Å². The van der Waals surface area contributed by atoms with Crippen LogP contribution in [0.4, 0.5) is 0 Å². The molecule has 0 aromatic heterocycles. The van der Waals surface area contributed by atoms with Crippen LogP contribution in [0.3, 0.4) is 0 Å². The second kappa shape index (κ2) is 24.3. The van der Waals surface area contributed by atoms with E-state index in [9.17, 15) is 0 Å². The van der Waals surface area contributed by atoms with E-state index < -0.39 is 15.8 Å². The number of rotatable bonds is 6. The van der Waals surface area contributed by atoms with E-state index in [2.05, 4.69) is 134 Å². The zero-order valence-corrected chi connectivity index (χ0v) is 31.7. The van der Waals surface area contributed by atoms with Crippen molar-refractivity contribution in [2.45, 2.75) is 49.8 Å². The Morgan fingerprint density at radius 2 is 0.767 bits per heavy atom. The molecule has 4 aromatic carbocycles. The van der Waals surface area contributed by atoms with Gasteiger partial charge in [-0.2, -0.15) is 12.8 Å². The maximum atomic E-state index is 4.81. The van der Waals surface area contributed by atoms with Crippen molar-refractivity contribution in [3.63, 3.8) is 0 Å². The molecule has 2 aliphatic carbocycles. The van der Waals surface area contributed by atoms with Crippen molar-refractivity contribution in [2.75, 3.05) is 5.34 Å². The fourth-order valence-corrected chi connectivity index (χ4v) is 12.1. The van der Waals surface area contributed by atoms with Gasteiger partial charge < -0.3 is 0 Å². The number of hydrogen-bond donors (Lipinski definition) is 0. The Balaban J connectivity index is 0.000000249. The quantitative estimate of drug-likeness (QED) is 0.0787. The summed E-state index contributed by atoms with van der Waals surface area (Å²) in [5, 5.41) is 6.41. The van der Waals surface area contributed by atoms with Gasteiger partial charge in [-0.25, -0.2) is 0 Å². The van der Waals surface area contributed by atoms with Gasteiger partial charge in [0.15, 0.2) is 0 Å². The Morgan fingerprint density at radius 3 is 0.953 bits per heavy atom. The van der Waals surface area contributed by atoms with Gasteiger partial charge in [-0.05, 0) is 72.7 Å². The van der Waals surface area contributed by atoms with Crippen molar-refractivity contribution in [1.29, 1.82) is 0 Å². The second-order valence-corrected chi connectivity index (χ2v) is 18.6. The summed E-state index contributed by atoms with van der Waals surface area (Å²) in [6.07, 6.45) is 13.2. The average molecular weight is 827 g/mol. The molecular formula is C35H40Cl4FeP2Pd+2. The molecule has 0 heterocycles. The molecule has 2 atom stereocenters.